The summed E-state index contributed by atoms with van der Waals surface area (Å²) in [6.45, 7) is 0.484. The van der Waals surface area contributed by atoms with Crippen molar-refractivity contribution < 1.29 is 9.59 Å². The number of rotatable bonds is 3. The van der Waals surface area contributed by atoms with Crippen LogP contribution in [-0.4, -0.2) is 21.1 Å². The Bertz CT molecular complexity index is 809. The molecule has 1 aliphatic rings. The number of carbonyl (C=O) groups is 2. The zero-order valence-electron chi connectivity index (χ0n) is 11.1. The first kappa shape index (κ1) is 13.0. The molecule has 0 radical (unpaired) electrons. The smallest absolute Gasteiger partial charge is 0.205 e. The largest absolute Gasteiger partial charge is 0.346 e. The molecule has 102 valence electrons. The lowest BCUT2D eigenvalue weighted by Crippen LogP contribution is -2.19. The lowest BCUT2D eigenvalue weighted by atomic mass is 9.91. The Morgan fingerprint density at radius 2 is 2.10 bits per heavy atom. The van der Waals surface area contributed by atoms with E-state index in [1.54, 1.807) is 30.5 Å². The number of hydrogen-bond acceptors (Lipinski definition) is 4. The molecule has 5 heteroatoms. The van der Waals surface area contributed by atoms with Crippen molar-refractivity contribution in [2.24, 2.45) is 0 Å². The molecule has 5 nitrogen and oxygen atoms in total. The number of Topliss-reactive ketones (excluding diaryl/α,β-unsaturated/α-hetero) is 1. The minimum Gasteiger partial charge on any atom is -0.346 e. The number of aromatic nitrogens is 2. The van der Waals surface area contributed by atoms with Crippen molar-refractivity contribution in [2.75, 3.05) is 0 Å². The van der Waals surface area contributed by atoms with Crippen LogP contribution in [0.15, 0.2) is 42.7 Å². The highest BCUT2D eigenvalue weighted by Gasteiger charge is 2.28. The number of pyridine rings is 1. The van der Waals surface area contributed by atoms with Crippen LogP contribution in [0.3, 0.4) is 0 Å². The number of fused-ring (bicyclic) bond motifs is 1. The SMILES string of the molecule is N#CCCn1cccc1C1=CC(=O)c2ncccc2C1=O. The number of aryl methyl sites for hydroxylation is 1. The van der Waals surface area contributed by atoms with E-state index in [0.29, 0.717) is 29.8 Å². The highest BCUT2D eigenvalue weighted by molar-refractivity contribution is 6.37. The molecule has 0 atom stereocenters. The Labute approximate surface area is 121 Å². The average Bonchev–Trinajstić information content (AvgIpc) is 2.97. The summed E-state index contributed by atoms with van der Waals surface area (Å²) in [7, 11) is 0. The number of nitrogens with zero attached hydrogens (tertiary/aromatic N) is 3. The lowest BCUT2D eigenvalue weighted by Gasteiger charge is -2.15. The van der Waals surface area contributed by atoms with Gasteiger partial charge >= 0.3 is 0 Å². The Balaban J connectivity index is 2.05. The molecule has 0 bridgehead atoms. The van der Waals surface area contributed by atoms with E-state index in [4.69, 9.17) is 5.26 Å². The first-order valence-corrected chi connectivity index (χ1v) is 6.50. The second-order valence-corrected chi connectivity index (χ2v) is 4.65. The number of carbonyl (C=O) groups excluding carboxylic acids is 2. The van der Waals surface area contributed by atoms with Gasteiger partial charge in [-0.05, 0) is 24.3 Å². The predicted molar refractivity (Wildman–Crippen MR) is 75.5 cm³/mol. The van der Waals surface area contributed by atoms with Gasteiger partial charge in [-0.3, -0.25) is 14.6 Å². The Morgan fingerprint density at radius 1 is 1.24 bits per heavy atom. The van der Waals surface area contributed by atoms with Crippen molar-refractivity contribution in [1.29, 1.82) is 5.26 Å². The summed E-state index contributed by atoms with van der Waals surface area (Å²) in [5.41, 5.74) is 1.52. The predicted octanol–water partition coefficient (Wildman–Crippen LogP) is 2.26. The number of allylic oxidation sites excluding steroid dienone is 2. The number of ketones is 2. The van der Waals surface area contributed by atoms with Crippen LogP contribution in [0.2, 0.25) is 0 Å². The zero-order chi connectivity index (χ0) is 14.8. The van der Waals surface area contributed by atoms with Gasteiger partial charge in [0, 0.05) is 25.0 Å². The van der Waals surface area contributed by atoms with Crippen molar-refractivity contribution >= 4 is 17.1 Å². The van der Waals surface area contributed by atoms with Gasteiger partial charge in [-0.1, -0.05) is 0 Å². The highest BCUT2D eigenvalue weighted by Crippen LogP contribution is 2.27. The molecular formula is C16H11N3O2. The summed E-state index contributed by atoms with van der Waals surface area (Å²) in [6.07, 6.45) is 4.97. The third kappa shape index (κ3) is 2.17. The van der Waals surface area contributed by atoms with Crippen LogP contribution in [0, 0.1) is 11.3 Å². The second-order valence-electron chi connectivity index (χ2n) is 4.65. The van der Waals surface area contributed by atoms with Gasteiger partial charge in [-0.15, -0.1) is 0 Å². The van der Waals surface area contributed by atoms with Gasteiger partial charge in [-0.2, -0.15) is 5.26 Å². The molecular weight excluding hydrogens is 266 g/mol. The molecule has 21 heavy (non-hydrogen) atoms. The zero-order valence-corrected chi connectivity index (χ0v) is 11.1. The summed E-state index contributed by atoms with van der Waals surface area (Å²) in [4.78, 5) is 28.6. The molecule has 3 rings (SSSR count). The van der Waals surface area contributed by atoms with Gasteiger partial charge < -0.3 is 4.57 Å². The second kappa shape index (κ2) is 5.17. The van der Waals surface area contributed by atoms with Crippen LogP contribution >= 0.6 is 0 Å². The first-order chi connectivity index (χ1) is 10.2. The molecule has 0 amide bonds. The maximum atomic E-state index is 12.5. The molecule has 0 fully saturated rings. The monoisotopic (exact) mass is 277 g/mol. The third-order valence-electron chi connectivity index (χ3n) is 3.38. The highest BCUT2D eigenvalue weighted by atomic mass is 16.1. The Kier molecular flexibility index (Phi) is 3.20. The fourth-order valence-corrected chi connectivity index (χ4v) is 2.41. The maximum absolute atomic E-state index is 12.5. The van der Waals surface area contributed by atoms with Crippen molar-refractivity contribution in [1.82, 2.24) is 9.55 Å². The van der Waals surface area contributed by atoms with Crippen LogP contribution in [0.5, 0.6) is 0 Å². The average molecular weight is 277 g/mol. The quantitative estimate of drug-likeness (QED) is 0.862. The molecule has 0 spiro atoms. The van der Waals surface area contributed by atoms with E-state index in [2.05, 4.69) is 11.1 Å². The molecule has 0 aliphatic heterocycles. The standard InChI is InChI=1S/C16H11N3O2/c17-6-3-9-19-8-2-5-13(19)12-10-14(20)15-11(16(12)21)4-1-7-18-15/h1-2,4-5,7-8,10H,3,9H2. The molecule has 0 saturated heterocycles. The van der Waals surface area contributed by atoms with Gasteiger partial charge in [0.05, 0.1) is 29.3 Å². The van der Waals surface area contributed by atoms with Crippen LogP contribution < -0.4 is 0 Å². The molecule has 2 aromatic rings. The van der Waals surface area contributed by atoms with E-state index >= 15 is 0 Å². The van der Waals surface area contributed by atoms with Crippen molar-refractivity contribution in [2.45, 2.75) is 13.0 Å². The van der Waals surface area contributed by atoms with E-state index in [-0.39, 0.29) is 17.3 Å². The summed E-state index contributed by atoms with van der Waals surface area (Å²) in [5, 5.41) is 8.68. The van der Waals surface area contributed by atoms with Crippen LogP contribution in [-0.2, 0) is 6.54 Å². The summed E-state index contributed by atoms with van der Waals surface area (Å²) in [6, 6.07) is 8.89. The van der Waals surface area contributed by atoms with E-state index in [1.165, 1.54) is 12.3 Å². The molecule has 0 unspecified atom stereocenters. The van der Waals surface area contributed by atoms with Crippen LogP contribution in [0.4, 0.5) is 0 Å². The van der Waals surface area contributed by atoms with Crippen LogP contribution in [0.1, 0.15) is 33.0 Å². The number of hydrogen-bond donors (Lipinski definition) is 0. The normalized spacial score (nSPS) is 13.6. The van der Waals surface area contributed by atoms with Gasteiger partial charge in [0.1, 0.15) is 5.69 Å². The van der Waals surface area contributed by atoms with Crippen molar-refractivity contribution in [3.63, 3.8) is 0 Å². The summed E-state index contributed by atoms with van der Waals surface area (Å²) < 4.78 is 1.81. The van der Waals surface area contributed by atoms with Crippen LogP contribution in [0.25, 0.3) is 5.57 Å². The van der Waals surface area contributed by atoms with Gasteiger partial charge in [0.2, 0.25) is 5.78 Å². The van der Waals surface area contributed by atoms with Crippen molar-refractivity contribution in [3.05, 3.63) is 59.7 Å². The Hall–Kier alpha value is -3.00. The topological polar surface area (TPSA) is 75.8 Å². The van der Waals surface area contributed by atoms with Gasteiger partial charge in [0.15, 0.2) is 5.78 Å². The Morgan fingerprint density at radius 3 is 2.90 bits per heavy atom. The summed E-state index contributed by atoms with van der Waals surface area (Å²) >= 11 is 0. The third-order valence-corrected chi connectivity index (χ3v) is 3.38. The fraction of sp³-hybridized carbons (Fsp3) is 0.125. The van der Waals surface area contributed by atoms with Gasteiger partial charge in [-0.25, -0.2) is 0 Å². The fourth-order valence-electron chi connectivity index (χ4n) is 2.41. The molecule has 2 heterocycles. The number of nitriles is 1. The van der Waals surface area contributed by atoms with E-state index < -0.39 is 0 Å². The van der Waals surface area contributed by atoms with Crippen molar-refractivity contribution in [3.8, 4) is 6.07 Å². The van der Waals surface area contributed by atoms with Gasteiger partial charge in [0.25, 0.3) is 0 Å². The molecule has 0 aromatic carbocycles. The van der Waals surface area contributed by atoms with E-state index in [9.17, 15) is 9.59 Å². The molecule has 2 aromatic heterocycles. The lowest BCUT2D eigenvalue weighted by molar-refractivity contribution is 0.0997. The van der Waals surface area contributed by atoms with E-state index in [0.717, 1.165) is 0 Å². The minimum absolute atomic E-state index is 0.196. The maximum Gasteiger partial charge on any atom is 0.205 e. The first-order valence-electron chi connectivity index (χ1n) is 6.50. The molecule has 0 saturated carbocycles. The van der Waals surface area contributed by atoms with E-state index in [1.807, 2.05) is 4.57 Å². The minimum atomic E-state index is -0.270. The molecule has 1 aliphatic carbocycles. The summed E-state index contributed by atoms with van der Waals surface area (Å²) in [5.74, 6) is -0.483. The molecule has 0 N–H and O–H groups in total.